The first-order chi connectivity index (χ1) is 9.51. The summed E-state index contributed by atoms with van der Waals surface area (Å²) in [6, 6.07) is 0. The predicted octanol–water partition coefficient (Wildman–Crippen LogP) is 1.59. The van der Waals surface area contributed by atoms with Crippen LogP contribution in [0.4, 0.5) is 5.69 Å². The van der Waals surface area contributed by atoms with Crippen LogP contribution in [0, 0.1) is 13.8 Å². The number of methoxy groups -OCH3 is 1. The predicted molar refractivity (Wildman–Crippen MR) is 74.6 cm³/mol. The maximum Gasteiger partial charge on any atom is 0.246 e. The van der Waals surface area contributed by atoms with Crippen molar-refractivity contribution in [3.05, 3.63) is 28.8 Å². The molecule has 0 aliphatic rings. The summed E-state index contributed by atoms with van der Waals surface area (Å²) in [7, 11) is 1.58. The molecule has 2 aromatic rings. The molecule has 7 nitrogen and oxygen atoms in total. The van der Waals surface area contributed by atoms with Crippen molar-refractivity contribution in [2.45, 2.75) is 27.1 Å². The first kappa shape index (κ1) is 14.5. The van der Waals surface area contributed by atoms with Crippen LogP contribution in [0.2, 0.25) is 5.02 Å². The molecule has 0 saturated carbocycles. The number of aryl methyl sites for hydroxylation is 1. The second-order valence-electron chi connectivity index (χ2n) is 4.38. The molecule has 0 atom stereocenters. The van der Waals surface area contributed by atoms with Gasteiger partial charge in [-0.2, -0.15) is 10.2 Å². The zero-order chi connectivity index (χ0) is 14.7. The Hall–Kier alpha value is -1.86. The molecule has 108 valence electrons. The fourth-order valence-corrected chi connectivity index (χ4v) is 1.93. The van der Waals surface area contributed by atoms with Crippen molar-refractivity contribution >= 4 is 23.2 Å². The van der Waals surface area contributed by atoms with E-state index in [0.717, 1.165) is 5.69 Å². The molecule has 1 amide bonds. The quantitative estimate of drug-likeness (QED) is 0.909. The SMILES string of the molecule is COCn1cc(NC(=O)Cn2nc(C)c(Cl)c2C)cn1. The molecule has 2 heterocycles. The van der Waals surface area contributed by atoms with Crippen molar-refractivity contribution in [2.24, 2.45) is 0 Å². The number of hydrogen-bond donors (Lipinski definition) is 1. The van der Waals surface area contributed by atoms with Gasteiger partial charge >= 0.3 is 0 Å². The lowest BCUT2D eigenvalue weighted by molar-refractivity contribution is -0.116. The van der Waals surface area contributed by atoms with Crippen LogP contribution in [-0.4, -0.2) is 32.6 Å². The number of carbonyl (C=O) groups is 1. The first-order valence-corrected chi connectivity index (χ1v) is 6.39. The summed E-state index contributed by atoms with van der Waals surface area (Å²) in [5.74, 6) is -0.191. The zero-order valence-electron chi connectivity index (χ0n) is 11.6. The highest BCUT2D eigenvalue weighted by Gasteiger charge is 2.12. The molecule has 0 aliphatic heterocycles. The summed E-state index contributed by atoms with van der Waals surface area (Å²) in [6.07, 6.45) is 3.25. The van der Waals surface area contributed by atoms with Crippen molar-refractivity contribution in [3.63, 3.8) is 0 Å². The van der Waals surface area contributed by atoms with Crippen LogP contribution >= 0.6 is 11.6 Å². The molecule has 2 aromatic heterocycles. The Morgan fingerprint density at radius 1 is 1.50 bits per heavy atom. The van der Waals surface area contributed by atoms with E-state index in [9.17, 15) is 4.79 Å². The molecule has 0 unspecified atom stereocenters. The van der Waals surface area contributed by atoms with Gasteiger partial charge in [0.05, 0.1) is 34.5 Å². The molecule has 20 heavy (non-hydrogen) atoms. The number of halogens is 1. The van der Waals surface area contributed by atoms with Crippen LogP contribution in [-0.2, 0) is 22.8 Å². The van der Waals surface area contributed by atoms with E-state index in [-0.39, 0.29) is 12.5 Å². The van der Waals surface area contributed by atoms with E-state index in [1.165, 1.54) is 0 Å². The fraction of sp³-hybridized carbons (Fsp3) is 0.417. The molecule has 0 radical (unpaired) electrons. The summed E-state index contributed by atoms with van der Waals surface area (Å²) in [6.45, 7) is 4.07. The lowest BCUT2D eigenvalue weighted by Crippen LogP contribution is -2.20. The van der Waals surface area contributed by atoms with Crippen LogP contribution in [0.5, 0.6) is 0 Å². The summed E-state index contributed by atoms with van der Waals surface area (Å²) in [5.41, 5.74) is 2.10. The molecule has 8 heteroatoms. The molecule has 0 spiro atoms. The second kappa shape index (κ2) is 6.06. The minimum Gasteiger partial charge on any atom is -0.362 e. The van der Waals surface area contributed by atoms with Gasteiger partial charge < -0.3 is 10.1 Å². The molecule has 0 fully saturated rings. The van der Waals surface area contributed by atoms with Crippen LogP contribution in [0.25, 0.3) is 0 Å². The van der Waals surface area contributed by atoms with E-state index in [1.54, 1.807) is 35.8 Å². The van der Waals surface area contributed by atoms with E-state index < -0.39 is 0 Å². The summed E-state index contributed by atoms with van der Waals surface area (Å²) in [5, 5.41) is 11.6. The molecule has 1 N–H and O–H groups in total. The number of nitrogens with one attached hydrogen (secondary N) is 1. The highest BCUT2D eigenvalue weighted by molar-refractivity contribution is 6.31. The number of carbonyl (C=O) groups excluding carboxylic acids is 1. The van der Waals surface area contributed by atoms with Gasteiger partial charge in [-0.3, -0.25) is 9.48 Å². The van der Waals surface area contributed by atoms with Crippen molar-refractivity contribution in [2.75, 3.05) is 12.4 Å². The zero-order valence-corrected chi connectivity index (χ0v) is 12.3. The van der Waals surface area contributed by atoms with E-state index in [1.807, 2.05) is 6.92 Å². The van der Waals surface area contributed by atoms with Crippen LogP contribution < -0.4 is 5.32 Å². The van der Waals surface area contributed by atoms with Gasteiger partial charge in [0.2, 0.25) is 5.91 Å². The van der Waals surface area contributed by atoms with Crippen molar-refractivity contribution in [1.82, 2.24) is 19.6 Å². The largest absolute Gasteiger partial charge is 0.362 e. The standard InChI is InChI=1S/C12H16ClN5O2/c1-8-12(13)9(2)18(16-8)6-11(19)15-10-4-14-17(5-10)7-20-3/h4-5H,6-7H2,1-3H3,(H,15,19). The Labute approximate surface area is 121 Å². The highest BCUT2D eigenvalue weighted by atomic mass is 35.5. The molecular weight excluding hydrogens is 282 g/mol. The van der Waals surface area contributed by atoms with E-state index in [0.29, 0.717) is 23.1 Å². The lowest BCUT2D eigenvalue weighted by Gasteiger charge is -2.04. The van der Waals surface area contributed by atoms with E-state index in [4.69, 9.17) is 16.3 Å². The van der Waals surface area contributed by atoms with Gasteiger partial charge in [-0.1, -0.05) is 11.6 Å². The average Bonchev–Trinajstić information content (AvgIpc) is 2.92. The number of aromatic nitrogens is 4. The summed E-state index contributed by atoms with van der Waals surface area (Å²) in [4.78, 5) is 11.9. The molecule has 0 aliphatic carbocycles. The topological polar surface area (TPSA) is 74.0 Å². The Balaban J connectivity index is 1.99. The number of amides is 1. The Morgan fingerprint density at radius 3 is 2.85 bits per heavy atom. The number of anilines is 1. The van der Waals surface area contributed by atoms with Gasteiger partial charge in [-0.25, -0.2) is 4.68 Å². The normalized spacial score (nSPS) is 10.8. The number of ether oxygens (including phenoxy) is 1. The third-order valence-electron chi connectivity index (χ3n) is 2.76. The first-order valence-electron chi connectivity index (χ1n) is 6.02. The van der Waals surface area contributed by atoms with Crippen LogP contribution in [0.3, 0.4) is 0 Å². The highest BCUT2D eigenvalue weighted by Crippen LogP contribution is 2.18. The summed E-state index contributed by atoms with van der Waals surface area (Å²) < 4.78 is 8.09. The third kappa shape index (κ3) is 3.17. The van der Waals surface area contributed by atoms with E-state index >= 15 is 0 Å². The van der Waals surface area contributed by atoms with Crippen LogP contribution in [0.1, 0.15) is 11.4 Å². The molecule has 0 bridgehead atoms. The minimum atomic E-state index is -0.191. The van der Waals surface area contributed by atoms with Gasteiger partial charge in [0.1, 0.15) is 13.3 Å². The minimum absolute atomic E-state index is 0.106. The van der Waals surface area contributed by atoms with Crippen molar-refractivity contribution in [3.8, 4) is 0 Å². The van der Waals surface area contributed by atoms with Gasteiger partial charge in [-0.15, -0.1) is 0 Å². The van der Waals surface area contributed by atoms with Gasteiger partial charge in [0.25, 0.3) is 0 Å². The Bertz CT molecular complexity index is 619. The molecular formula is C12H16ClN5O2. The molecule has 0 saturated heterocycles. The van der Waals surface area contributed by atoms with Crippen molar-refractivity contribution < 1.29 is 9.53 Å². The smallest absolute Gasteiger partial charge is 0.246 e. The molecule has 2 rings (SSSR count). The number of rotatable bonds is 5. The Kier molecular flexibility index (Phi) is 4.41. The summed E-state index contributed by atoms with van der Waals surface area (Å²) >= 11 is 6.04. The average molecular weight is 298 g/mol. The number of nitrogens with zero attached hydrogens (tertiary/aromatic N) is 4. The maximum atomic E-state index is 11.9. The monoisotopic (exact) mass is 297 g/mol. The fourth-order valence-electron chi connectivity index (χ4n) is 1.80. The molecule has 0 aromatic carbocycles. The van der Waals surface area contributed by atoms with Gasteiger partial charge in [0.15, 0.2) is 0 Å². The Morgan fingerprint density at radius 2 is 2.25 bits per heavy atom. The third-order valence-corrected chi connectivity index (χ3v) is 3.31. The van der Waals surface area contributed by atoms with Gasteiger partial charge in [0, 0.05) is 7.11 Å². The maximum absolute atomic E-state index is 11.9. The lowest BCUT2D eigenvalue weighted by atomic mass is 10.4. The number of hydrogen-bond acceptors (Lipinski definition) is 4. The van der Waals surface area contributed by atoms with Gasteiger partial charge in [-0.05, 0) is 13.8 Å². The van der Waals surface area contributed by atoms with Crippen molar-refractivity contribution in [1.29, 1.82) is 0 Å². The van der Waals surface area contributed by atoms with E-state index in [2.05, 4.69) is 15.5 Å². The van der Waals surface area contributed by atoms with Crippen LogP contribution in [0.15, 0.2) is 12.4 Å². The second-order valence-corrected chi connectivity index (χ2v) is 4.75.